The molecule has 0 unspecified atom stereocenters. The van der Waals surface area contributed by atoms with Crippen molar-refractivity contribution in [2.45, 2.75) is 26.8 Å². The molecule has 0 N–H and O–H groups in total. The topological polar surface area (TPSA) is 51.7 Å². The van der Waals surface area contributed by atoms with E-state index in [9.17, 15) is 4.79 Å². The molecule has 3 aromatic rings. The van der Waals surface area contributed by atoms with E-state index >= 15 is 0 Å². The maximum atomic E-state index is 12.9. The van der Waals surface area contributed by atoms with Crippen LogP contribution in [0.5, 0.6) is 11.5 Å². The summed E-state index contributed by atoms with van der Waals surface area (Å²) in [6.45, 7) is 5.69. The van der Waals surface area contributed by atoms with Gasteiger partial charge in [-0.3, -0.25) is 4.79 Å². The highest BCUT2D eigenvalue weighted by molar-refractivity contribution is 7.12. The van der Waals surface area contributed by atoms with Gasteiger partial charge in [-0.2, -0.15) is 0 Å². The number of thiazole rings is 1. The average Bonchev–Trinajstić information content (AvgIpc) is 3.08. The van der Waals surface area contributed by atoms with E-state index in [-0.39, 0.29) is 5.91 Å². The van der Waals surface area contributed by atoms with E-state index in [0.29, 0.717) is 26.2 Å². The molecule has 1 aromatic heterocycles. The molecule has 1 aliphatic rings. The van der Waals surface area contributed by atoms with Crippen LogP contribution in [0.3, 0.4) is 0 Å². The fourth-order valence-corrected chi connectivity index (χ4v) is 4.30. The Balaban J connectivity index is 1.47. The van der Waals surface area contributed by atoms with E-state index in [0.717, 1.165) is 38.2 Å². The van der Waals surface area contributed by atoms with Gasteiger partial charge in [0.25, 0.3) is 0 Å². The molecule has 1 aliphatic heterocycles. The number of carbonyl (C=O) groups excluding carboxylic acids is 1. The predicted molar refractivity (Wildman–Crippen MR) is 115 cm³/mol. The minimum atomic E-state index is 0.0666. The quantitative estimate of drug-likeness (QED) is 0.628. The van der Waals surface area contributed by atoms with E-state index in [1.807, 2.05) is 32.2 Å². The number of carbonyl (C=O) groups is 1. The highest BCUT2D eigenvalue weighted by Crippen LogP contribution is 2.32. The lowest BCUT2D eigenvalue weighted by atomic mass is 10.1. The second kappa shape index (κ2) is 8.25. The molecular weight excluding hydrogens is 384 g/mol. The zero-order valence-corrected chi connectivity index (χ0v) is 17.7. The molecule has 5 nitrogen and oxygen atoms in total. The predicted octanol–water partition coefficient (Wildman–Crippen LogP) is 4.40. The first-order valence-electron chi connectivity index (χ1n) is 9.65. The number of amides is 1. The second-order valence-electron chi connectivity index (χ2n) is 7.28. The Bertz CT molecular complexity index is 1030. The van der Waals surface area contributed by atoms with Crippen LogP contribution in [0.15, 0.2) is 42.5 Å². The normalized spacial score (nSPS) is 12.7. The Morgan fingerprint density at radius 3 is 2.55 bits per heavy atom. The van der Waals surface area contributed by atoms with Crippen molar-refractivity contribution in [2.75, 3.05) is 20.3 Å². The van der Waals surface area contributed by atoms with Crippen molar-refractivity contribution in [1.29, 1.82) is 0 Å². The van der Waals surface area contributed by atoms with Gasteiger partial charge in [0.05, 0.1) is 17.1 Å². The molecule has 1 amide bonds. The average molecular weight is 409 g/mol. The fourth-order valence-electron chi connectivity index (χ4n) is 3.35. The summed E-state index contributed by atoms with van der Waals surface area (Å²) in [5.41, 5.74) is 4.19. The maximum absolute atomic E-state index is 12.9. The van der Waals surface area contributed by atoms with Gasteiger partial charge in [0.1, 0.15) is 13.2 Å². The molecule has 0 atom stereocenters. The molecule has 6 heteroatoms. The first kappa shape index (κ1) is 19.5. The molecule has 0 saturated heterocycles. The zero-order chi connectivity index (χ0) is 20.4. The molecular formula is C23H24N2O3S. The number of likely N-dealkylation sites (N-methyl/N-ethyl adjacent to an activating group) is 1. The van der Waals surface area contributed by atoms with Gasteiger partial charge in [0.2, 0.25) is 5.91 Å². The van der Waals surface area contributed by atoms with E-state index in [4.69, 9.17) is 9.47 Å². The second-order valence-corrected chi connectivity index (χ2v) is 8.56. The highest BCUT2D eigenvalue weighted by atomic mass is 32.1. The van der Waals surface area contributed by atoms with Gasteiger partial charge in [0, 0.05) is 24.0 Å². The van der Waals surface area contributed by atoms with Crippen molar-refractivity contribution in [1.82, 2.24) is 9.88 Å². The van der Waals surface area contributed by atoms with Gasteiger partial charge in [-0.1, -0.05) is 35.9 Å². The number of hydrogen-bond donors (Lipinski definition) is 0. The maximum Gasteiger partial charge on any atom is 0.227 e. The highest BCUT2D eigenvalue weighted by Gasteiger charge is 2.18. The zero-order valence-electron chi connectivity index (χ0n) is 16.9. The molecule has 0 aliphatic carbocycles. The number of rotatable bonds is 5. The van der Waals surface area contributed by atoms with Crippen molar-refractivity contribution < 1.29 is 14.3 Å². The van der Waals surface area contributed by atoms with Crippen LogP contribution in [0.4, 0.5) is 0 Å². The van der Waals surface area contributed by atoms with Crippen LogP contribution >= 0.6 is 11.3 Å². The molecule has 0 saturated carbocycles. The van der Waals surface area contributed by atoms with Crippen LogP contribution in [-0.2, 0) is 17.8 Å². The summed E-state index contributed by atoms with van der Waals surface area (Å²) >= 11 is 1.59. The van der Waals surface area contributed by atoms with Crippen LogP contribution in [0.25, 0.3) is 11.3 Å². The van der Waals surface area contributed by atoms with Crippen LogP contribution in [0, 0.1) is 13.8 Å². The molecule has 4 rings (SSSR count). The van der Waals surface area contributed by atoms with Crippen molar-refractivity contribution in [3.8, 4) is 22.8 Å². The lowest BCUT2D eigenvalue weighted by Gasteiger charge is -2.21. The lowest BCUT2D eigenvalue weighted by molar-refractivity contribution is -0.129. The van der Waals surface area contributed by atoms with Gasteiger partial charge in [0.15, 0.2) is 11.5 Å². The summed E-state index contributed by atoms with van der Waals surface area (Å²) in [6.07, 6.45) is 0.343. The number of benzene rings is 2. The van der Waals surface area contributed by atoms with E-state index < -0.39 is 0 Å². The smallest absolute Gasteiger partial charge is 0.227 e. The van der Waals surface area contributed by atoms with E-state index in [1.165, 1.54) is 5.56 Å². The number of aryl methyl sites for hydroxylation is 2. The molecule has 0 fully saturated rings. The minimum absolute atomic E-state index is 0.0666. The monoisotopic (exact) mass is 408 g/mol. The van der Waals surface area contributed by atoms with Gasteiger partial charge in [-0.05, 0) is 31.5 Å². The molecule has 0 bridgehead atoms. The standard InChI is InChI=1S/C23H24N2O3S/c1-15-4-7-18(8-5-15)23-21(29-16(2)24-23)13-22(26)25(3)14-17-6-9-19-20(12-17)28-11-10-27-19/h4-9,12H,10-11,13-14H2,1-3H3. The third-order valence-electron chi connectivity index (χ3n) is 4.89. The Hall–Kier alpha value is -2.86. The van der Waals surface area contributed by atoms with Crippen LogP contribution < -0.4 is 9.47 Å². The summed E-state index contributed by atoms with van der Waals surface area (Å²) in [4.78, 5) is 20.3. The Labute approximate surface area is 174 Å². The van der Waals surface area contributed by atoms with Crippen LogP contribution in [0.1, 0.15) is 21.0 Å². The number of ether oxygens (including phenoxy) is 2. The summed E-state index contributed by atoms with van der Waals surface area (Å²) in [7, 11) is 1.83. The number of hydrogen-bond acceptors (Lipinski definition) is 5. The Kier molecular flexibility index (Phi) is 5.53. The van der Waals surface area contributed by atoms with Crippen molar-refractivity contribution >= 4 is 17.2 Å². The number of aromatic nitrogens is 1. The molecule has 0 spiro atoms. The Morgan fingerprint density at radius 1 is 1.07 bits per heavy atom. The Morgan fingerprint density at radius 2 is 1.79 bits per heavy atom. The number of nitrogens with zero attached hydrogens (tertiary/aromatic N) is 2. The summed E-state index contributed by atoms with van der Waals surface area (Å²) in [6, 6.07) is 14.1. The summed E-state index contributed by atoms with van der Waals surface area (Å²) in [5, 5.41) is 0.970. The van der Waals surface area contributed by atoms with Gasteiger partial charge < -0.3 is 14.4 Å². The fraction of sp³-hybridized carbons (Fsp3) is 0.304. The molecule has 29 heavy (non-hydrogen) atoms. The SMILES string of the molecule is Cc1ccc(-c2nc(C)sc2CC(=O)N(C)Cc2ccc3c(c2)OCCO3)cc1. The molecule has 2 heterocycles. The number of fused-ring (bicyclic) bond motifs is 1. The molecule has 0 radical (unpaired) electrons. The van der Waals surface area contributed by atoms with Crippen LogP contribution in [0.2, 0.25) is 0 Å². The summed E-state index contributed by atoms with van der Waals surface area (Å²) < 4.78 is 11.2. The van der Waals surface area contributed by atoms with E-state index in [2.05, 4.69) is 36.2 Å². The van der Waals surface area contributed by atoms with E-state index in [1.54, 1.807) is 16.2 Å². The van der Waals surface area contributed by atoms with Crippen molar-refractivity contribution in [3.05, 3.63) is 63.5 Å². The minimum Gasteiger partial charge on any atom is -0.486 e. The lowest BCUT2D eigenvalue weighted by Crippen LogP contribution is -2.27. The van der Waals surface area contributed by atoms with Crippen LogP contribution in [-0.4, -0.2) is 36.1 Å². The van der Waals surface area contributed by atoms with Crippen molar-refractivity contribution in [2.24, 2.45) is 0 Å². The first-order valence-corrected chi connectivity index (χ1v) is 10.5. The first-order chi connectivity index (χ1) is 14.0. The molecule has 2 aromatic carbocycles. The van der Waals surface area contributed by atoms with Gasteiger partial charge in [-0.15, -0.1) is 11.3 Å². The van der Waals surface area contributed by atoms with Gasteiger partial charge >= 0.3 is 0 Å². The third kappa shape index (κ3) is 4.43. The third-order valence-corrected chi connectivity index (χ3v) is 5.86. The van der Waals surface area contributed by atoms with Crippen molar-refractivity contribution in [3.63, 3.8) is 0 Å². The van der Waals surface area contributed by atoms with Gasteiger partial charge in [-0.25, -0.2) is 4.98 Å². The largest absolute Gasteiger partial charge is 0.486 e. The summed E-state index contributed by atoms with van der Waals surface area (Å²) in [5.74, 6) is 1.57. The molecule has 150 valence electrons.